The first-order chi connectivity index (χ1) is 28.9. The second-order valence-corrected chi connectivity index (χ2v) is 15.9. The lowest BCUT2D eigenvalue weighted by molar-refractivity contribution is -0.149. The van der Waals surface area contributed by atoms with E-state index >= 15 is 0 Å². The molecule has 12 heteroatoms. The monoisotopic (exact) mass is 814 g/mol. The van der Waals surface area contributed by atoms with Crippen LogP contribution in [0, 0.1) is 5.92 Å². The van der Waals surface area contributed by atoms with Crippen LogP contribution in [0.15, 0.2) is 109 Å². The molecule has 6 rings (SSSR count). The number of aliphatic carboxylic acids is 1. The molecule has 4 aromatic carbocycles. The fraction of sp³-hybridized carbons (Fsp3) is 0.375. The van der Waals surface area contributed by atoms with E-state index in [-0.39, 0.29) is 43.5 Å². The number of nitrogens with one attached hydrogen (secondary N) is 1. The first kappa shape index (κ1) is 43.3. The molecule has 1 saturated heterocycles. The van der Waals surface area contributed by atoms with E-state index in [0.717, 1.165) is 57.5 Å². The molecule has 4 aromatic rings. The van der Waals surface area contributed by atoms with E-state index < -0.39 is 54.3 Å². The lowest BCUT2D eigenvalue weighted by Gasteiger charge is -2.36. The van der Waals surface area contributed by atoms with Gasteiger partial charge in [0.05, 0.1) is 12.5 Å². The summed E-state index contributed by atoms with van der Waals surface area (Å²) in [4.78, 5) is 86.6. The molecule has 1 aliphatic carbocycles. The number of nitrogens with zero attached hydrogens (tertiary/aromatic N) is 3. The maximum Gasteiger partial charge on any atom is 0.407 e. The Bertz CT molecular complexity index is 2110. The maximum atomic E-state index is 14.8. The molecule has 0 aromatic heterocycles. The van der Waals surface area contributed by atoms with Crippen molar-refractivity contribution in [3.8, 4) is 11.1 Å². The number of Topliss-reactive ketones (excluding diaryl/α,β-unsaturated/α-hetero) is 1. The number of hydrogen-bond donors (Lipinski definition) is 2. The van der Waals surface area contributed by atoms with Gasteiger partial charge >= 0.3 is 12.1 Å². The van der Waals surface area contributed by atoms with Gasteiger partial charge in [-0.1, -0.05) is 116 Å². The molecule has 2 aliphatic rings. The lowest BCUT2D eigenvalue weighted by atomic mass is 9.92. The minimum Gasteiger partial charge on any atom is -0.481 e. The molecule has 12 nitrogen and oxygen atoms in total. The third-order valence-corrected chi connectivity index (χ3v) is 11.7. The van der Waals surface area contributed by atoms with Crippen LogP contribution in [0.1, 0.15) is 67.2 Å². The first-order valence-corrected chi connectivity index (χ1v) is 20.7. The summed E-state index contributed by atoms with van der Waals surface area (Å²) in [6.45, 7) is 3.00. The van der Waals surface area contributed by atoms with Gasteiger partial charge in [-0.3, -0.25) is 24.0 Å². The Kier molecular flexibility index (Phi) is 14.5. The Balaban J connectivity index is 1.21. The van der Waals surface area contributed by atoms with Crippen molar-refractivity contribution < 1.29 is 38.6 Å². The van der Waals surface area contributed by atoms with Crippen molar-refractivity contribution in [2.75, 3.05) is 33.8 Å². The fourth-order valence-corrected chi connectivity index (χ4v) is 8.43. The molecule has 2 N–H and O–H groups in total. The number of amides is 4. The topological polar surface area (TPSA) is 154 Å². The van der Waals surface area contributed by atoms with Gasteiger partial charge in [0.15, 0.2) is 5.78 Å². The molecule has 60 heavy (non-hydrogen) atoms. The van der Waals surface area contributed by atoms with Crippen LogP contribution in [0.4, 0.5) is 4.79 Å². The van der Waals surface area contributed by atoms with Crippen molar-refractivity contribution in [3.05, 3.63) is 131 Å². The number of carboxylic acid groups (broad SMARTS) is 1. The molecule has 0 spiro atoms. The summed E-state index contributed by atoms with van der Waals surface area (Å²) in [6, 6.07) is 30.2. The second kappa shape index (κ2) is 20.1. The van der Waals surface area contributed by atoms with E-state index in [2.05, 4.69) is 5.32 Å². The molecule has 4 atom stereocenters. The zero-order chi connectivity index (χ0) is 42.8. The predicted octanol–water partition coefficient (Wildman–Crippen LogP) is 6.12. The molecule has 1 aliphatic heterocycles. The smallest absolute Gasteiger partial charge is 0.407 e. The summed E-state index contributed by atoms with van der Waals surface area (Å²) in [7, 11) is 2.91. The number of likely N-dealkylation sites (N-methyl/N-ethyl adjacent to an activating group) is 2. The van der Waals surface area contributed by atoms with Gasteiger partial charge < -0.3 is 29.9 Å². The lowest BCUT2D eigenvalue weighted by Crippen LogP contribution is -2.58. The number of benzene rings is 4. The third kappa shape index (κ3) is 10.5. The standard InChI is InChI=1S/C48H54N4O8/c1-32(45(56)52-25-15-6-16-26-52)27-43(53)41(28-33-17-7-4-8-18-33)50(2)47(58)42(29-34-19-9-5-10-20-34)51(3)46(57)40(30-44(54)55)49-48(59)60-31-39-37-23-13-11-21-35(37)36-22-12-14-24-38(36)39/h4-5,7-14,17-24,32,39-42H,6,15-16,25-31H2,1-3H3,(H,49,59)(H,54,55)/t32-,40+,41+,42+/m1/s1. The van der Waals surface area contributed by atoms with Crippen molar-refractivity contribution in [1.29, 1.82) is 0 Å². The van der Waals surface area contributed by atoms with Gasteiger partial charge in [-0.05, 0) is 59.1 Å². The van der Waals surface area contributed by atoms with Crippen molar-refractivity contribution >= 4 is 35.6 Å². The molecular formula is C48H54N4O8. The number of hydrogen-bond acceptors (Lipinski definition) is 7. The highest BCUT2D eigenvalue weighted by molar-refractivity contribution is 5.96. The quantitative estimate of drug-likeness (QED) is 0.129. The van der Waals surface area contributed by atoms with Crippen molar-refractivity contribution in [2.45, 2.75) is 75.9 Å². The SMILES string of the molecule is C[C@H](CC(=O)[C@H](Cc1ccccc1)N(C)C(=O)[C@H](Cc1ccccc1)N(C)C(=O)[C@H](CC(=O)O)NC(=O)OCC1c2ccccc2-c2ccccc21)C(=O)N1CCCCC1. The molecule has 0 radical (unpaired) electrons. The Morgan fingerprint density at radius 2 is 1.18 bits per heavy atom. The van der Waals surface area contributed by atoms with Gasteiger partial charge in [0.1, 0.15) is 18.7 Å². The van der Waals surface area contributed by atoms with Gasteiger partial charge in [-0.15, -0.1) is 0 Å². The van der Waals surface area contributed by atoms with Crippen LogP contribution in [-0.2, 0) is 41.6 Å². The highest BCUT2D eigenvalue weighted by Gasteiger charge is 2.39. The molecule has 1 fully saturated rings. The van der Waals surface area contributed by atoms with Gasteiger partial charge in [0, 0.05) is 51.9 Å². The fourth-order valence-electron chi connectivity index (χ4n) is 8.43. The van der Waals surface area contributed by atoms with E-state index in [1.54, 1.807) is 19.1 Å². The number of fused-ring (bicyclic) bond motifs is 3. The zero-order valence-electron chi connectivity index (χ0n) is 34.5. The van der Waals surface area contributed by atoms with Crippen molar-refractivity contribution in [2.24, 2.45) is 5.92 Å². The predicted molar refractivity (Wildman–Crippen MR) is 227 cm³/mol. The van der Waals surface area contributed by atoms with E-state index in [9.17, 15) is 33.9 Å². The summed E-state index contributed by atoms with van der Waals surface area (Å²) in [5, 5.41) is 12.4. The molecule has 314 valence electrons. The molecule has 0 saturated carbocycles. The van der Waals surface area contributed by atoms with E-state index in [4.69, 9.17) is 4.74 Å². The highest BCUT2D eigenvalue weighted by Crippen LogP contribution is 2.44. The number of carboxylic acids is 1. The van der Waals surface area contributed by atoms with Crippen LogP contribution in [-0.4, -0.2) is 107 Å². The van der Waals surface area contributed by atoms with Crippen LogP contribution in [0.3, 0.4) is 0 Å². The largest absolute Gasteiger partial charge is 0.481 e. The van der Waals surface area contributed by atoms with Gasteiger partial charge in [-0.25, -0.2) is 4.79 Å². The summed E-state index contributed by atoms with van der Waals surface area (Å²) in [6.07, 6.45) is 1.29. The van der Waals surface area contributed by atoms with Crippen LogP contribution in [0.2, 0.25) is 0 Å². The summed E-state index contributed by atoms with van der Waals surface area (Å²) in [5.41, 5.74) is 5.58. The van der Waals surface area contributed by atoms with Gasteiger partial charge in [-0.2, -0.15) is 0 Å². The number of likely N-dealkylation sites (tertiary alicyclic amines) is 1. The number of carbonyl (C=O) groups excluding carboxylic acids is 5. The number of alkyl carbamates (subject to hydrolysis) is 1. The molecule has 0 bridgehead atoms. The summed E-state index contributed by atoms with van der Waals surface area (Å²) >= 11 is 0. The zero-order valence-corrected chi connectivity index (χ0v) is 34.5. The Hall–Kier alpha value is -6.30. The van der Waals surface area contributed by atoms with Crippen molar-refractivity contribution in [3.63, 3.8) is 0 Å². The molecular weight excluding hydrogens is 761 g/mol. The summed E-state index contributed by atoms with van der Waals surface area (Å²) < 4.78 is 5.67. The average molecular weight is 815 g/mol. The average Bonchev–Trinajstić information content (AvgIpc) is 3.59. The number of ether oxygens (including phenoxy) is 1. The van der Waals surface area contributed by atoms with Crippen LogP contribution in [0.25, 0.3) is 11.1 Å². The maximum absolute atomic E-state index is 14.8. The molecule has 0 unspecified atom stereocenters. The first-order valence-electron chi connectivity index (χ1n) is 20.7. The number of rotatable bonds is 17. The van der Waals surface area contributed by atoms with Crippen LogP contribution >= 0.6 is 0 Å². The highest BCUT2D eigenvalue weighted by atomic mass is 16.5. The number of piperidine rings is 1. The minimum absolute atomic E-state index is 0.0348. The Morgan fingerprint density at radius 1 is 0.683 bits per heavy atom. The molecule has 1 heterocycles. The number of carbonyl (C=O) groups is 6. The number of ketones is 1. The van der Waals surface area contributed by atoms with E-state index in [0.29, 0.717) is 13.1 Å². The Morgan fingerprint density at radius 3 is 1.73 bits per heavy atom. The minimum atomic E-state index is -1.58. The summed E-state index contributed by atoms with van der Waals surface area (Å²) in [5.74, 6) is -3.96. The normalized spacial score (nSPS) is 15.3. The van der Waals surface area contributed by atoms with E-state index in [1.807, 2.05) is 102 Å². The molecule has 4 amide bonds. The van der Waals surface area contributed by atoms with Gasteiger partial charge in [0.2, 0.25) is 17.7 Å². The van der Waals surface area contributed by atoms with Crippen molar-refractivity contribution in [1.82, 2.24) is 20.0 Å². The van der Waals surface area contributed by atoms with Gasteiger partial charge in [0.25, 0.3) is 0 Å². The Labute approximate surface area is 351 Å². The second-order valence-electron chi connectivity index (χ2n) is 15.9. The third-order valence-electron chi connectivity index (χ3n) is 11.7. The van der Waals surface area contributed by atoms with Crippen LogP contribution < -0.4 is 5.32 Å². The van der Waals surface area contributed by atoms with E-state index in [1.165, 1.54) is 19.0 Å². The van der Waals surface area contributed by atoms with Crippen LogP contribution in [0.5, 0.6) is 0 Å².